The summed E-state index contributed by atoms with van der Waals surface area (Å²) < 4.78 is 45.0. The van der Waals surface area contributed by atoms with Crippen molar-refractivity contribution in [3.8, 4) is 0 Å². The van der Waals surface area contributed by atoms with Crippen molar-refractivity contribution in [1.29, 1.82) is 0 Å². The molecular weight excluding hydrogens is 485 g/mol. The van der Waals surface area contributed by atoms with Crippen molar-refractivity contribution < 1.29 is 27.4 Å². The van der Waals surface area contributed by atoms with Gasteiger partial charge >= 0.3 is 7.60 Å². The van der Waals surface area contributed by atoms with E-state index in [0.29, 0.717) is 24.5 Å². The molecule has 0 saturated carbocycles. The van der Waals surface area contributed by atoms with Crippen molar-refractivity contribution in [2.24, 2.45) is 0 Å². The predicted molar refractivity (Wildman–Crippen MR) is 140 cm³/mol. The van der Waals surface area contributed by atoms with E-state index >= 15 is 0 Å². The maximum Gasteiger partial charge on any atom is 0.338 e. The normalized spacial score (nSPS) is 13.5. The summed E-state index contributed by atoms with van der Waals surface area (Å²) in [5.74, 6) is -0.242. The van der Waals surface area contributed by atoms with Crippen molar-refractivity contribution in [3.63, 3.8) is 0 Å². The van der Waals surface area contributed by atoms with Crippen LogP contribution in [0.1, 0.15) is 50.7 Å². The Kier molecular flexibility index (Phi) is 13.6. The third-order valence-corrected chi connectivity index (χ3v) is 8.50. The number of benzene rings is 2. The number of hydrogen-bond acceptors (Lipinski definition) is 6. The minimum Gasteiger partial charge on any atom is -0.377 e. The summed E-state index contributed by atoms with van der Waals surface area (Å²) >= 11 is 0. The molecule has 0 bridgehead atoms. The summed E-state index contributed by atoms with van der Waals surface area (Å²) in [5, 5.41) is 0. The Morgan fingerprint density at radius 3 is 2.29 bits per heavy atom. The first-order chi connectivity index (χ1) is 16.8. The minimum absolute atomic E-state index is 0.0899. The van der Waals surface area contributed by atoms with Crippen molar-refractivity contribution in [2.45, 2.75) is 64.0 Å². The van der Waals surface area contributed by atoms with Gasteiger partial charge in [-0.2, -0.15) is 0 Å². The zero-order chi connectivity index (χ0) is 25.5. The highest BCUT2D eigenvalue weighted by atomic mass is 32.2. The molecule has 0 aliphatic carbocycles. The number of ketones is 1. The zero-order valence-electron chi connectivity index (χ0n) is 20.9. The lowest BCUT2D eigenvalue weighted by Crippen LogP contribution is -2.34. The lowest BCUT2D eigenvalue weighted by molar-refractivity contribution is -0.117. The highest BCUT2D eigenvalue weighted by Gasteiger charge is 2.29. The molecule has 0 saturated heterocycles. The van der Waals surface area contributed by atoms with E-state index in [4.69, 9.17) is 13.8 Å². The number of unbranched alkanes of at least 4 members (excludes halogenated alkanes) is 1. The van der Waals surface area contributed by atoms with E-state index in [1.807, 2.05) is 61.5 Å². The summed E-state index contributed by atoms with van der Waals surface area (Å²) in [5.41, 5.74) is 2.20. The molecule has 0 aliphatic heterocycles. The molecule has 1 N–H and O–H groups in total. The Hall–Kier alpha value is -1.67. The Bertz CT molecular complexity index is 944. The summed E-state index contributed by atoms with van der Waals surface area (Å²) in [6.07, 6.45) is 2.04. The van der Waals surface area contributed by atoms with E-state index in [9.17, 15) is 13.6 Å². The third kappa shape index (κ3) is 11.7. The number of aryl methyl sites for hydroxylation is 1. The van der Waals surface area contributed by atoms with Crippen LogP contribution in [0.2, 0.25) is 0 Å². The molecule has 35 heavy (non-hydrogen) atoms. The molecule has 0 amide bonds. The summed E-state index contributed by atoms with van der Waals surface area (Å²) in [6, 6.07) is 17.1. The van der Waals surface area contributed by atoms with Gasteiger partial charge in [0, 0.05) is 19.1 Å². The van der Waals surface area contributed by atoms with Crippen LogP contribution in [-0.4, -0.2) is 42.0 Å². The van der Waals surface area contributed by atoms with E-state index in [0.717, 1.165) is 24.0 Å². The number of hydrogen-bond donors (Lipinski definition) is 1. The second-order valence-electron chi connectivity index (χ2n) is 8.28. The average molecular weight is 524 g/mol. The van der Waals surface area contributed by atoms with Gasteiger partial charge in [-0.1, -0.05) is 48.0 Å². The summed E-state index contributed by atoms with van der Waals surface area (Å²) in [4.78, 5) is 13.4. The van der Waals surface area contributed by atoms with Crippen molar-refractivity contribution in [2.75, 3.05) is 26.0 Å². The number of ether oxygens (including phenoxy) is 1. The number of carbonyl (C=O) groups is 1. The lowest BCUT2D eigenvalue weighted by atomic mass is 10.1. The van der Waals surface area contributed by atoms with E-state index < -0.39 is 18.6 Å². The van der Waals surface area contributed by atoms with Gasteiger partial charge in [-0.25, -0.2) is 8.93 Å². The number of carbonyl (C=O) groups excluding carboxylic acids is 1. The predicted octanol–water partition coefficient (Wildman–Crippen LogP) is 5.59. The second kappa shape index (κ2) is 16.1. The molecule has 2 atom stereocenters. The number of rotatable bonds is 18. The third-order valence-electron chi connectivity index (χ3n) is 5.21. The van der Waals surface area contributed by atoms with Gasteiger partial charge in [-0.3, -0.25) is 9.36 Å². The van der Waals surface area contributed by atoms with Gasteiger partial charge in [-0.15, -0.1) is 0 Å². The topological polar surface area (TPSA) is 90.9 Å². The molecule has 2 aromatic carbocycles. The highest BCUT2D eigenvalue weighted by Crippen LogP contribution is 2.48. The Labute approximate surface area is 212 Å². The number of nitrogens with one attached hydrogen (secondary N) is 1. The monoisotopic (exact) mass is 523 g/mol. The summed E-state index contributed by atoms with van der Waals surface area (Å²) in [7, 11) is -4.94. The molecule has 2 rings (SSSR count). The van der Waals surface area contributed by atoms with Crippen molar-refractivity contribution in [3.05, 3.63) is 65.7 Å². The molecular formula is C26H38NO6PS. The van der Waals surface area contributed by atoms with Gasteiger partial charge in [0.25, 0.3) is 0 Å². The highest BCUT2D eigenvalue weighted by molar-refractivity contribution is 7.83. The maximum absolute atomic E-state index is 12.9. The largest absolute Gasteiger partial charge is 0.377 e. The smallest absolute Gasteiger partial charge is 0.338 e. The fraction of sp³-hybridized carbons (Fsp3) is 0.500. The Morgan fingerprint density at radius 1 is 1.00 bits per heavy atom. The van der Waals surface area contributed by atoms with Crippen LogP contribution in [0.3, 0.4) is 0 Å². The van der Waals surface area contributed by atoms with Gasteiger partial charge in [0.1, 0.15) is 22.9 Å². The van der Waals surface area contributed by atoms with Gasteiger partial charge in [0.2, 0.25) is 0 Å². The maximum atomic E-state index is 12.9. The minimum atomic E-state index is -3.47. The van der Waals surface area contributed by atoms with Crippen LogP contribution in [0, 0.1) is 6.92 Å². The molecule has 0 radical (unpaired) electrons. The first-order valence-corrected chi connectivity index (χ1v) is 15.0. The van der Waals surface area contributed by atoms with Crippen molar-refractivity contribution >= 4 is 24.4 Å². The van der Waals surface area contributed by atoms with Crippen LogP contribution >= 0.6 is 7.60 Å². The SMILES string of the molecule is CCOP(=O)(CC(=O)C[C@H](CCCCOCc1ccccc1)NS(=O)c1ccc(C)cc1)OCC. The molecule has 1 unspecified atom stereocenters. The Balaban J connectivity index is 1.91. The lowest BCUT2D eigenvalue weighted by Gasteiger charge is -2.20. The second-order valence-corrected chi connectivity index (χ2v) is 11.6. The molecule has 0 heterocycles. The van der Waals surface area contributed by atoms with Crippen LogP contribution in [0.4, 0.5) is 0 Å². The zero-order valence-corrected chi connectivity index (χ0v) is 22.7. The van der Waals surface area contributed by atoms with Crippen LogP contribution < -0.4 is 4.72 Å². The fourth-order valence-corrected chi connectivity index (χ4v) is 6.15. The molecule has 0 fully saturated rings. The van der Waals surface area contributed by atoms with Crippen LogP contribution in [0.25, 0.3) is 0 Å². The van der Waals surface area contributed by atoms with Crippen molar-refractivity contribution in [1.82, 2.24) is 4.72 Å². The Morgan fingerprint density at radius 2 is 1.66 bits per heavy atom. The molecule has 0 spiro atoms. The average Bonchev–Trinajstić information content (AvgIpc) is 2.82. The first kappa shape index (κ1) is 29.6. The fourth-order valence-electron chi connectivity index (χ4n) is 3.52. The van der Waals surface area contributed by atoms with Gasteiger partial charge in [0.05, 0.1) is 24.7 Å². The van der Waals surface area contributed by atoms with E-state index in [2.05, 4.69) is 4.72 Å². The van der Waals surface area contributed by atoms with Crippen LogP contribution in [0.5, 0.6) is 0 Å². The van der Waals surface area contributed by atoms with Crippen LogP contribution in [-0.2, 0) is 40.7 Å². The quantitative estimate of drug-likeness (QED) is 0.202. The standard InChI is InChI=1S/C26H38NO6PS/c1-4-32-34(29,33-5-2)21-25(28)19-24(27-35(30)26-16-14-22(3)15-17-26)13-9-10-18-31-20-23-11-7-6-8-12-23/h6-8,11-12,14-17,24,27H,4-5,9-10,13,18-21H2,1-3H3/t24-,35?/m0/s1. The van der Waals surface area contributed by atoms with Gasteiger partial charge < -0.3 is 13.8 Å². The van der Waals surface area contributed by atoms with Gasteiger partial charge in [-0.05, 0) is 57.7 Å². The van der Waals surface area contributed by atoms with E-state index in [1.165, 1.54) is 0 Å². The van der Waals surface area contributed by atoms with E-state index in [1.54, 1.807) is 13.8 Å². The first-order valence-electron chi connectivity index (χ1n) is 12.1. The summed E-state index contributed by atoms with van der Waals surface area (Å²) in [6.45, 7) is 6.95. The number of Topliss-reactive ketones (excluding diaryl/α,β-unsaturated/α-hetero) is 1. The van der Waals surface area contributed by atoms with Gasteiger partial charge in [0.15, 0.2) is 0 Å². The molecule has 0 aromatic heterocycles. The molecule has 0 aliphatic rings. The molecule has 194 valence electrons. The molecule has 9 heteroatoms. The molecule has 2 aromatic rings. The molecule has 7 nitrogen and oxygen atoms in total. The van der Waals surface area contributed by atoms with Crippen LogP contribution in [0.15, 0.2) is 59.5 Å². The van der Waals surface area contributed by atoms with E-state index in [-0.39, 0.29) is 37.6 Å².